The van der Waals surface area contributed by atoms with Crippen LogP contribution in [0, 0.1) is 5.82 Å². The summed E-state index contributed by atoms with van der Waals surface area (Å²) in [5, 5.41) is 3.93. The topological polar surface area (TPSA) is 47.0 Å². The van der Waals surface area contributed by atoms with Crippen molar-refractivity contribution in [2.24, 2.45) is 0 Å². The van der Waals surface area contributed by atoms with E-state index in [1.807, 2.05) is 37.3 Å². The van der Waals surface area contributed by atoms with Gasteiger partial charge in [0.2, 0.25) is 0 Å². The summed E-state index contributed by atoms with van der Waals surface area (Å²) in [4.78, 5) is 8.21. The molecule has 0 fully saturated rings. The molecule has 0 spiro atoms. The number of nitrogens with zero attached hydrogens (tertiary/aromatic N) is 2. The lowest BCUT2D eigenvalue weighted by atomic mass is 10.1. The van der Waals surface area contributed by atoms with Crippen LogP contribution in [-0.2, 0) is 17.9 Å². The maximum Gasteiger partial charge on any atom is 0.149 e. The van der Waals surface area contributed by atoms with Gasteiger partial charge in [-0.3, -0.25) is 0 Å². The second-order valence-electron chi connectivity index (χ2n) is 5.17. The molecule has 1 aromatic heterocycles. The van der Waals surface area contributed by atoms with E-state index < -0.39 is 0 Å². The highest BCUT2D eigenvalue weighted by molar-refractivity contribution is 5.89. The van der Waals surface area contributed by atoms with E-state index in [1.54, 1.807) is 6.07 Å². The normalized spacial score (nSPS) is 10.9. The molecule has 0 aliphatic carbocycles. The van der Waals surface area contributed by atoms with Gasteiger partial charge in [-0.2, -0.15) is 0 Å². The Hall–Kier alpha value is -2.53. The van der Waals surface area contributed by atoms with E-state index in [4.69, 9.17) is 4.74 Å². The first-order valence-corrected chi connectivity index (χ1v) is 7.56. The Labute approximate surface area is 134 Å². The zero-order valence-corrected chi connectivity index (χ0v) is 12.9. The van der Waals surface area contributed by atoms with Gasteiger partial charge in [0.1, 0.15) is 23.5 Å². The van der Waals surface area contributed by atoms with Crippen molar-refractivity contribution in [2.45, 2.75) is 20.1 Å². The van der Waals surface area contributed by atoms with Gasteiger partial charge in [0.15, 0.2) is 0 Å². The molecule has 0 unspecified atom stereocenters. The average molecular weight is 311 g/mol. The number of aromatic nitrogens is 2. The van der Waals surface area contributed by atoms with E-state index in [0.29, 0.717) is 36.5 Å². The van der Waals surface area contributed by atoms with Crippen LogP contribution >= 0.6 is 0 Å². The van der Waals surface area contributed by atoms with Gasteiger partial charge in [-0.1, -0.05) is 30.3 Å². The van der Waals surface area contributed by atoms with Gasteiger partial charge in [0.25, 0.3) is 0 Å². The molecule has 1 heterocycles. The Morgan fingerprint density at radius 2 is 1.83 bits per heavy atom. The van der Waals surface area contributed by atoms with Gasteiger partial charge in [0, 0.05) is 18.5 Å². The van der Waals surface area contributed by atoms with E-state index in [2.05, 4.69) is 15.3 Å². The number of halogens is 1. The van der Waals surface area contributed by atoms with Crippen LogP contribution < -0.4 is 5.32 Å². The number of hydrogen-bond acceptors (Lipinski definition) is 4. The summed E-state index contributed by atoms with van der Waals surface area (Å²) in [5.74, 6) is 0.293. The second kappa shape index (κ2) is 7.15. The molecule has 0 amide bonds. The van der Waals surface area contributed by atoms with Crippen molar-refractivity contribution < 1.29 is 9.13 Å². The molecule has 3 aromatic rings. The number of ether oxygens (including phenoxy) is 1. The third-order valence-corrected chi connectivity index (χ3v) is 3.57. The molecule has 0 aliphatic heterocycles. The molecule has 0 saturated heterocycles. The number of benzene rings is 2. The minimum Gasteiger partial charge on any atom is -0.377 e. The van der Waals surface area contributed by atoms with Gasteiger partial charge < -0.3 is 10.1 Å². The first kappa shape index (κ1) is 15.4. The predicted molar refractivity (Wildman–Crippen MR) is 88.6 cm³/mol. The Morgan fingerprint density at radius 1 is 1.04 bits per heavy atom. The zero-order valence-electron chi connectivity index (χ0n) is 12.9. The quantitative estimate of drug-likeness (QED) is 0.749. The number of hydrogen-bond donors (Lipinski definition) is 1. The van der Waals surface area contributed by atoms with Crippen molar-refractivity contribution >= 4 is 16.7 Å². The largest absolute Gasteiger partial charge is 0.377 e. The summed E-state index contributed by atoms with van der Waals surface area (Å²) in [6.45, 7) is 3.92. The van der Waals surface area contributed by atoms with Crippen molar-refractivity contribution in [2.75, 3.05) is 11.9 Å². The van der Waals surface area contributed by atoms with Crippen molar-refractivity contribution in [3.8, 4) is 0 Å². The van der Waals surface area contributed by atoms with Crippen LogP contribution in [0.5, 0.6) is 0 Å². The lowest BCUT2D eigenvalue weighted by Crippen LogP contribution is -2.03. The van der Waals surface area contributed by atoms with Crippen LogP contribution in [0.1, 0.15) is 18.1 Å². The molecule has 0 atom stereocenters. The predicted octanol–water partition coefficient (Wildman–Crippen LogP) is 3.92. The third kappa shape index (κ3) is 3.63. The molecule has 1 N–H and O–H groups in total. The van der Waals surface area contributed by atoms with Crippen LogP contribution in [0.2, 0.25) is 0 Å². The van der Waals surface area contributed by atoms with Gasteiger partial charge in [-0.05, 0) is 30.2 Å². The standard InChI is InChI=1S/C18H18FN3O/c1-2-23-11-14-8-6-13(7-9-14)10-20-18-15-4-3-5-16(19)17(15)21-12-22-18/h3-9,12H,2,10-11H2,1H3,(H,20,21,22). The van der Waals surface area contributed by atoms with Gasteiger partial charge in [-0.15, -0.1) is 0 Å². The fraction of sp³-hybridized carbons (Fsp3) is 0.222. The molecule has 5 heteroatoms. The van der Waals surface area contributed by atoms with Crippen LogP contribution in [0.15, 0.2) is 48.8 Å². The number of nitrogens with one attached hydrogen (secondary N) is 1. The highest BCUT2D eigenvalue weighted by atomic mass is 19.1. The van der Waals surface area contributed by atoms with Crippen molar-refractivity contribution in [1.29, 1.82) is 0 Å². The summed E-state index contributed by atoms with van der Waals surface area (Å²) in [6.07, 6.45) is 1.37. The number of rotatable bonds is 6. The second-order valence-corrected chi connectivity index (χ2v) is 5.17. The summed E-state index contributed by atoms with van der Waals surface area (Å²) >= 11 is 0. The molecule has 2 aromatic carbocycles. The molecule has 0 aliphatic rings. The Bertz CT molecular complexity index is 790. The highest BCUT2D eigenvalue weighted by Crippen LogP contribution is 2.21. The third-order valence-electron chi connectivity index (χ3n) is 3.57. The highest BCUT2D eigenvalue weighted by Gasteiger charge is 2.07. The Kier molecular flexibility index (Phi) is 4.78. The van der Waals surface area contributed by atoms with E-state index >= 15 is 0 Å². The molecule has 3 rings (SSSR count). The lowest BCUT2D eigenvalue weighted by molar-refractivity contribution is 0.134. The number of anilines is 1. The zero-order chi connectivity index (χ0) is 16.1. The molecular formula is C18H18FN3O. The van der Waals surface area contributed by atoms with Crippen LogP contribution in [-0.4, -0.2) is 16.6 Å². The van der Waals surface area contributed by atoms with Crippen molar-refractivity contribution in [1.82, 2.24) is 9.97 Å². The molecular weight excluding hydrogens is 293 g/mol. The van der Waals surface area contributed by atoms with E-state index in [1.165, 1.54) is 12.4 Å². The van der Waals surface area contributed by atoms with Crippen molar-refractivity contribution in [3.63, 3.8) is 0 Å². The number of fused-ring (bicyclic) bond motifs is 1. The first-order valence-electron chi connectivity index (χ1n) is 7.56. The fourth-order valence-corrected chi connectivity index (χ4v) is 2.35. The van der Waals surface area contributed by atoms with Gasteiger partial charge >= 0.3 is 0 Å². The summed E-state index contributed by atoms with van der Waals surface area (Å²) in [5.41, 5.74) is 2.59. The maximum absolute atomic E-state index is 13.7. The minimum absolute atomic E-state index is 0.331. The molecule has 4 nitrogen and oxygen atoms in total. The Balaban J connectivity index is 1.72. The summed E-state index contributed by atoms with van der Waals surface area (Å²) in [7, 11) is 0. The van der Waals surface area contributed by atoms with Crippen LogP contribution in [0.25, 0.3) is 10.9 Å². The van der Waals surface area contributed by atoms with Gasteiger partial charge in [0.05, 0.1) is 6.61 Å². The summed E-state index contributed by atoms with van der Waals surface area (Å²) in [6, 6.07) is 13.1. The Morgan fingerprint density at radius 3 is 2.61 bits per heavy atom. The van der Waals surface area contributed by atoms with E-state index in [9.17, 15) is 4.39 Å². The monoisotopic (exact) mass is 311 g/mol. The number of para-hydroxylation sites is 1. The van der Waals surface area contributed by atoms with E-state index in [0.717, 1.165) is 11.1 Å². The molecule has 23 heavy (non-hydrogen) atoms. The molecule has 0 saturated carbocycles. The molecule has 0 radical (unpaired) electrons. The van der Waals surface area contributed by atoms with Crippen LogP contribution in [0.4, 0.5) is 10.2 Å². The SMILES string of the molecule is CCOCc1ccc(CNc2ncnc3c(F)cccc23)cc1. The fourth-order valence-electron chi connectivity index (χ4n) is 2.35. The average Bonchev–Trinajstić information content (AvgIpc) is 2.59. The van der Waals surface area contributed by atoms with E-state index in [-0.39, 0.29) is 5.82 Å². The minimum atomic E-state index is -0.340. The van der Waals surface area contributed by atoms with Crippen LogP contribution in [0.3, 0.4) is 0 Å². The molecule has 118 valence electrons. The summed E-state index contributed by atoms with van der Waals surface area (Å²) < 4.78 is 19.1. The first-order chi connectivity index (χ1) is 11.3. The molecule has 0 bridgehead atoms. The van der Waals surface area contributed by atoms with Gasteiger partial charge in [-0.25, -0.2) is 14.4 Å². The van der Waals surface area contributed by atoms with Crippen molar-refractivity contribution in [3.05, 3.63) is 65.7 Å². The maximum atomic E-state index is 13.7. The lowest BCUT2D eigenvalue weighted by Gasteiger charge is -2.09. The smallest absolute Gasteiger partial charge is 0.149 e.